The first kappa shape index (κ1) is 13.5. The molecular weight excluding hydrogens is 207 g/mol. The van der Waals surface area contributed by atoms with Crippen LogP contribution in [0.25, 0.3) is 0 Å². The summed E-state index contributed by atoms with van der Waals surface area (Å²) >= 11 is 0. The van der Waals surface area contributed by atoms with E-state index in [4.69, 9.17) is 0 Å². The topological polar surface area (TPSA) is 72.8 Å². The molecule has 0 aromatic carbocycles. The summed E-state index contributed by atoms with van der Waals surface area (Å²) in [4.78, 5) is 13.8. The van der Waals surface area contributed by atoms with Crippen molar-refractivity contribution >= 4 is 13.0 Å². The number of hydrogen-bond acceptors (Lipinski definition) is 4. The zero-order chi connectivity index (χ0) is 12.3. The Morgan fingerprint density at radius 1 is 1.50 bits per heavy atom. The molecule has 92 valence electrons. The van der Waals surface area contributed by atoms with Crippen LogP contribution in [0.5, 0.6) is 0 Å². The number of nitrogens with zero attached hydrogens (tertiary/aromatic N) is 1. The third-order valence-electron chi connectivity index (χ3n) is 3.17. The van der Waals surface area contributed by atoms with Crippen molar-refractivity contribution < 1.29 is 14.8 Å². The Balaban J connectivity index is 2.72. The molecule has 1 heterocycles. The number of nitrogens with one attached hydrogen (secondary N) is 1. The number of likely N-dealkylation sites (N-methyl/N-ethyl adjacent to an activating group) is 1. The number of carbonyl (C=O) groups excluding carboxylic acids is 1. The van der Waals surface area contributed by atoms with Crippen molar-refractivity contribution in [2.24, 2.45) is 5.92 Å². The van der Waals surface area contributed by atoms with Gasteiger partial charge in [0.1, 0.15) is 0 Å². The van der Waals surface area contributed by atoms with Gasteiger partial charge in [-0.25, -0.2) is 0 Å². The van der Waals surface area contributed by atoms with Crippen LogP contribution in [0.4, 0.5) is 0 Å². The summed E-state index contributed by atoms with van der Waals surface area (Å²) in [6.45, 7) is 4.56. The molecule has 1 fully saturated rings. The summed E-state index contributed by atoms with van der Waals surface area (Å²) in [7, 11) is 0.319. The third-order valence-corrected chi connectivity index (χ3v) is 3.17. The molecule has 0 aliphatic carbocycles. The molecule has 0 saturated carbocycles. The van der Waals surface area contributed by atoms with Crippen LogP contribution in [0.2, 0.25) is 0 Å². The summed E-state index contributed by atoms with van der Waals surface area (Å²) in [5.74, 6) is -0.287. The van der Waals surface area contributed by atoms with Crippen molar-refractivity contribution in [3.63, 3.8) is 0 Å². The Hall–Kier alpha value is -0.585. The molecule has 1 amide bonds. The second kappa shape index (κ2) is 5.66. The van der Waals surface area contributed by atoms with Crippen LogP contribution in [0.15, 0.2) is 0 Å². The van der Waals surface area contributed by atoms with Gasteiger partial charge in [0.05, 0.1) is 12.0 Å². The lowest BCUT2D eigenvalue weighted by Gasteiger charge is -2.30. The number of carbonyl (C=O) groups is 1. The summed E-state index contributed by atoms with van der Waals surface area (Å²) in [6.07, 6.45) is 1.50. The van der Waals surface area contributed by atoms with Gasteiger partial charge in [-0.1, -0.05) is 13.8 Å². The highest BCUT2D eigenvalue weighted by molar-refractivity contribution is 6.43. The summed E-state index contributed by atoms with van der Waals surface area (Å²) in [6, 6.07) is -0.251. The van der Waals surface area contributed by atoms with E-state index in [-0.39, 0.29) is 17.9 Å². The average Bonchev–Trinajstić information content (AvgIpc) is 2.65. The molecule has 1 unspecified atom stereocenters. The molecule has 5 nitrogen and oxygen atoms in total. The highest BCUT2D eigenvalue weighted by Gasteiger charge is 2.39. The van der Waals surface area contributed by atoms with Crippen molar-refractivity contribution in [1.29, 1.82) is 0 Å². The largest absolute Gasteiger partial charge is 0.475 e. The predicted octanol–water partition coefficient (Wildman–Crippen LogP) is -0.767. The van der Waals surface area contributed by atoms with Crippen molar-refractivity contribution in [3.8, 4) is 0 Å². The van der Waals surface area contributed by atoms with E-state index in [2.05, 4.69) is 5.32 Å². The van der Waals surface area contributed by atoms with Crippen molar-refractivity contribution in [1.82, 2.24) is 10.2 Å². The molecule has 1 saturated heterocycles. The monoisotopic (exact) mass is 228 g/mol. The maximum absolute atomic E-state index is 12.2. The van der Waals surface area contributed by atoms with Crippen LogP contribution in [0.1, 0.15) is 26.7 Å². The molecule has 0 bridgehead atoms. The maximum atomic E-state index is 12.2. The van der Waals surface area contributed by atoms with Gasteiger partial charge in [0, 0.05) is 6.54 Å². The lowest BCUT2D eigenvalue weighted by Crippen LogP contribution is -2.53. The van der Waals surface area contributed by atoms with Crippen molar-refractivity contribution in [2.45, 2.75) is 38.7 Å². The Morgan fingerprint density at radius 2 is 2.12 bits per heavy atom. The van der Waals surface area contributed by atoms with Crippen LogP contribution in [0.3, 0.4) is 0 Å². The molecule has 1 aliphatic heterocycles. The summed E-state index contributed by atoms with van der Waals surface area (Å²) < 4.78 is 0. The number of likely N-dealkylation sites (tertiary alicyclic amines) is 1. The lowest BCUT2D eigenvalue weighted by molar-refractivity contribution is -0.134. The highest BCUT2D eigenvalue weighted by atomic mass is 16.4. The molecule has 3 N–H and O–H groups in total. The van der Waals surface area contributed by atoms with Gasteiger partial charge in [0.2, 0.25) is 5.91 Å². The van der Waals surface area contributed by atoms with E-state index in [1.807, 2.05) is 13.8 Å². The molecule has 2 atom stereocenters. The van der Waals surface area contributed by atoms with Gasteiger partial charge >= 0.3 is 7.12 Å². The third kappa shape index (κ3) is 2.75. The van der Waals surface area contributed by atoms with Gasteiger partial charge in [0.15, 0.2) is 0 Å². The molecule has 0 aromatic rings. The maximum Gasteiger partial charge on any atom is 0.475 e. The quantitative estimate of drug-likeness (QED) is 0.552. The van der Waals surface area contributed by atoms with Crippen LogP contribution in [0, 0.1) is 5.92 Å². The molecule has 6 heteroatoms. The Labute approximate surface area is 97.0 Å². The SMILES string of the molecule is CNC(C(=O)N1CCC[C@H]1B(O)O)C(C)C. The van der Waals surface area contributed by atoms with Gasteiger partial charge in [-0.3, -0.25) is 4.79 Å². The zero-order valence-corrected chi connectivity index (χ0v) is 10.2. The first-order chi connectivity index (χ1) is 7.49. The fraction of sp³-hybridized carbons (Fsp3) is 0.900. The minimum Gasteiger partial charge on any atom is -0.426 e. The minimum atomic E-state index is -1.43. The highest BCUT2D eigenvalue weighted by Crippen LogP contribution is 2.20. The smallest absolute Gasteiger partial charge is 0.426 e. The van der Waals surface area contributed by atoms with Gasteiger partial charge in [-0.2, -0.15) is 0 Å². The number of rotatable bonds is 4. The van der Waals surface area contributed by atoms with Crippen LogP contribution < -0.4 is 5.32 Å². The fourth-order valence-corrected chi connectivity index (χ4v) is 2.30. The van der Waals surface area contributed by atoms with E-state index < -0.39 is 13.1 Å². The van der Waals surface area contributed by atoms with E-state index in [0.717, 1.165) is 6.42 Å². The first-order valence-corrected chi connectivity index (χ1v) is 5.83. The van der Waals surface area contributed by atoms with E-state index in [0.29, 0.717) is 13.0 Å². The average molecular weight is 228 g/mol. The van der Waals surface area contributed by atoms with Gasteiger partial charge in [0.25, 0.3) is 0 Å². The molecule has 1 aliphatic rings. The van der Waals surface area contributed by atoms with Crippen LogP contribution in [-0.2, 0) is 4.79 Å². The van der Waals surface area contributed by atoms with Gasteiger partial charge in [-0.15, -0.1) is 0 Å². The Bertz CT molecular complexity index is 248. The number of amides is 1. The Kier molecular flexibility index (Phi) is 4.77. The molecule has 0 radical (unpaired) electrons. The van der Waals surface area contributed by atoms with Gasteiger partial charge in [-0.05, 0) is 25.8 Å². The Morgan fingerprint density at radius 3 is 2.56 bits per heavy atom. The second-order valence-corrected chi connectivity index (χ2v) is 4.67. The number of hydrogen-bond donors (Lipinski definition) is 3. The molecule has 0 aromatic heterocycles. The summed E-state index contributed by atoms with van der Waals surface area (Å²) in [5.41, 5.74) is 0. The van der Waals surface area contributed by atoms with Gasteiger partial charge < -0.3 is 20.3 Å². The van der Waals surface area contributed by atoms with E-state index in [1.165, 1.54) is 0 Å². The molecular formula is C10H21BN2O3. The standard InChI is InChI=1S/C10H21BN2O3/c1-7(2)9(12-3)10(14)13-6-4-5-8(13)11(15)16/h7-9,12,15-16H,4-6H2,1-3H3/t8-,9?/m0/s1. The minimum absolute atomic E-state index is 0.0342. The first-order valence-electron chi connectivity index (χ1n) is 5.83. The second-order valence-electron chi connectivity index (χ2n) is 4.67. The molecule has 0 spiro atoms. The molecule has 1 rings (SSSR count). The van der Waals surface area contributed by atoms with Crippen molar-refractivity contribution in [2.75, 3.05) is 13.6 Å². The predicted molar refractivity (Wildman–Crippen MR) is 62.6 cm³/mol. The lowest BCUT2D eigenvalue weighted by atomic mass is 9.77. The van der Waals surface area contributed by atoms with Crippen LogP contribution in [-0.4, -0.2) is 53.5 Å². The normalized spacial score (nSPS) is 22.6. The summed E-state index contributed by atoms with van der Waals surface area (Å²) in [5, 5.41) is 21.4. The fourth-order valence-electron chi connectivity index (χ4n) is 2.30. The van der Waals surface area contributed by atoms with E-state index in [1.54, 1.807) is 11.9 Å². The van der Waals surface area contributed by atoms with E-state index in [9.17, 15) is 14.8 Å². The van der Waals surface area contributed by atoms with Crippen LogP contribution >= 0.6 is 0 Å². The van der Waals surface area contributed by atoms with Crippen molar-refractivity contribution in [3.05, 3.63) is 0 Å². The molecule has 16 heavy (non-hydrogen) atoms. The zero-order valence-electron chi connectivity index (χ0n) is 10.2. The van der Waals surface area contributed by atoms with E-state index >= 15 is 0 Å².